The number of hydrogen-bond donors (Lipinski definition) is 0. The molecule has 3 rings (SSSR count). The summed E-state index contributed by atoms with van der Waals surface area (Å²) in [6.45, 7) is 19.6. The van der Waals surface area contributed by atoms with Gasteiger partial charge in [0.2, 0.25) is 0 Å². The van der Waals surface area contributed by atoms with Gasteiger partial charge in [0.1, 0.15) is 11.5 Å². The van der Waals surface area contributed by atoms with Gasteiger partial charge in [0, 0.05) is 11.0 Å². The Balaban J connectivity index is 0.000000728. The van der Waals surface area contributed by atoms with Crippen molar-refractivity contribution < 1.29 is 4.74 Å². The van der Waals surface area contributed by atoms with E-state index in [1.807, 2.05) is 59.8 Å². The van der Waals surface area contributed by atoms with Crippen LogP contribution in [0.3, 0.4) is 0 Å². The third-order valence-corrected chi connectivity index (χ3v) is 3.03. The lowest BCUT2D eigenvalue weighted by Gasteiger charge is -2.21. The third-order valence-electron chi connectivity index (χ3n) is 3.03. The average molecular weight is 310 g/mol. The first-order valence-corrected chi connectivity index (χ1v) is 8.54. The predicted octanol–water partition coefficient (Wildman–Crippen LogP) is 7.39. The number of hydrogen-bond acceptors (Lipinski definition) is 1. The van der Waals surface area contributed by atoms with Gasteiger partial charge in [-0.2, -0.15) is 0 Å². The van der Waals surface area contributed by atoms with E-state index in [9.17, 15) is 0 Å². The van der Waals surface area contributed by atoms with Crippen molar-refractivity contribution in [2.75, 3.05) is 0 Å². The SMILES string of the molecule is C=CC1=C(C=C)c2cccc3cccc(c23)O1.CC.CC.CC. The summed E-state index contributed by atoms with van der Waals surface area (Å²) in [6, 6.07) is 12.3. The van der Waals surface area contributed by atoms with E-state index < -0.39 is 0 Å². The highest BCUT2D eigenvalue weighted by atomic mass is 16.5. The van der Waals surface area contributed by atoms with Crippen LogP contribution < -0.4 is 4.74 Å². The summed E-state index contributed by atoms with van der Waals surface area (Å²) in [4.78, 5) is 0. The average Bonchev–Trinajstić information content (AvgIpc) is 2.67. The molecule has 1 aliphatic rings. The maximum atomic E-state index is 5.85. The quantitative estimate of drug-likeness (QED) is 0.561. The first-order chi connectivity index (χ1) is 11.3. The summed E-state index contributed by atoms with van der Waals surface area (Å²) < 4.78 is 5.85. The van der Waals surface area contributed by atoms with Crippen LogP contribution in [0.4, 0.5) is 0 Å². The van der Waals surface area contributed by atoms with Crippen molar-refractivity contribution in [2.45, 2.75) is 41.5 Å². The highest BCUT2D eigenvalue weighted by Crippen LogP contribution is 2.39. The molecule has 23 heavy (non-hydrogen) atoms. The lowest BCUT2D eigenvalue weighted by Crippen LogP contribution is -2.03. The van der Waals surface area contributed by atoms with Crippen molar-refractivity contribution in [1.82, 2.24) is 0 Å². The summed E-state index contributed by atoms with van der Waals surface area (Å²) in [5.41, 5.74) is 2.17. The molecule has 0 aromatic heterocycles. The Hall–Kier alpha value is -2.28. The Morgan fingerprint density at radius 3 is 1.87 bits per heavy atom. The molecule has 124 valence electrons. The molecule has 0 amide bonds. The van der Waals surface area contributed by atoms with E-state index >= 15 is 0 Å². The zero-order valence-corrected chi connectivity index (χ0v) is 15.4. The van der Waals surface area contributed by atoms with E-state index in [1.54, 1.807) is 6.08 Å². The molecule has 0 fully saturated rings. The monoisotopic (exact) mass is 310 g/mol. The van der Waals surface area contributed by atoms with E-state index in [0.29, 0.717) is 0 Å². The van der Waals surface area contributed by atoms with E-state index in [-0.39, 0.29) is 0 Å². The fraction of sp³-hybridized carbons (Fsp3) is 0.273. The Morgan fingerprint density at radius 2 is 1.35 bits per heavy atom. The Bertz CT molecular complexity index is 657. The molecule has 0 radical (unpaired) electrons. The molecule has 0 spiro atoms. The first kappa shape index (κ1) is 20.7. The molecule has 0 aliphatic carbocycles. The van der Waals surface area contributed by atoms with E-state index in [4.69, 9.17) is 4.74 Å². The molecule has 1 aliphatic heterocycles. The number of benzene rings is 2. The van der Waals surface area contributed by atoms with Crippen LogP contribution in [-0.2, 0) is 0 Å². The van der Waals surface area contributed by atoms with Crippen LogP contribution in [0.5, 0.6) is 5.75 Å². The van der Waals surface area contributed by atoms with Gasteiger partial charge in [0.25, 0.3) is 0 Å². The van der Waals surface area contributed by atoms with Crippen molar-refractivity contribution in [3.05, 3.63) is 73.0 Å². The van der Waals surface area contributed by atoms with Gasteiger partial charge < -0.3 is 4.74 Å². The Morgan fingerprint density at radius 1 is 0.783 bits per heavy atom. The van der Waals surface area contributed by atoms with Crippen molar-refractivity contribution in [3.8, 4) is 5.75 Å². The third kappa shape index (κ3) is 4.35. The minimum Gasteiger partial charge on any atom is -0.456 e. The molecule has 1 nitrogen and oxygen atoms in total. The number of ether oxygens (including phenoxy) is 1. The molecule has 0 N–H and O–H groups in total. The molecule has 0 saturated carbocycles. The highest BCUT2D eigenvalue weighted by molar-refractivity contribution is 6.02. The molecule has 0 saturated heterocycles. The van der Waals surface area contributed by atoms with Crippen LogP contribution >= 0.6 is 0 Å². The summed E-state index contributed by atoms with van der Waals surface area (Å²) in [7, 11) is 0. The summed E-state index contributed by atoms with van der Waals surface area (Å²) >= 11 is 0. The highest BCUT2D eigenvalue weighted by Gasteiger charge is 2.18. The molecule has 0 unspecified atom stereocenters. The van der Waals surface area contributed by atoms with Crippen molar-refractivity contribution in [3.63, 3.8) is 0 Å². The molecule has 0 bridgehead atoms. The molecule has 0 atom stereocenters. The van der Waals surface area contributed by atoms with Gasteiger partial charge >= 0.3 is 0 Å². The zero-order valence-electron chi connectivity index (χ0n) is 15.4. The molecule has 1 heteroatoms. The van der Waals surface area contributed by atoms with Gasteiger partial charge in [-0.1, -0.05) is 91.1 Å². The zero-order chi connectivity index (χ0) is 17.8. The summed E-state index contributed by atoms with van der Waals surface area (Å²) in [6.07, 6.45) is 3.55. The standard InChI is InChI=1S/C16H12O.3C2H6/c1-3-12-13-9-5-7-11-8-6-10-15(16(11)13)17-14(12)4-2;3*1-2/h3-10H,1-2H2;3*1-2H3. The molecule has 1 heterocycles. The number of allylic oxidation sites excluding steroid dienone is 3. The van der Waals surface area contributed by atoms with Crippen LogP contribution in [0.25, 0.3) is 16.3 Å². The largest absolute Gasteiger partial charge is 0.456 e. The van der Waals surface area contributed by atoms with E-state index in [0.717, 1.165) is 28.0 Å². The van der Waals surface area contributed by atoms with Crippen molar-refractivity contribution in [1.29, 1.82) is 0 Å². The maximum absolute atomic E-state index is 5.85. The van der Waals surface area contributed by atoms with Gasteiger partial charge in [-0.25, -0.2) is 0 Å². The van der Waals surface area contributed by atoms with Crippen molar-refractivity contribution in [2.24, 2.45) is 0 Å². The Kier molecular flexibility index (Phi) is 10.2. The normalized spacial score (nSPS) is 10.7. The second kappa shape index (κ2) is 11.3. The fourth-order valence-electron chi connectivity index (χ4n) is 2.28. The van der Waals surface area contributed by atoms with Gasteiger partial charge in [0.15, 0.2) is 0 Å². The van der Waals surface area contributed by atoms with Gasteiger partial charge in [-0.3, -0.25) is 0 Å². The lowest BCUT2D eigenvalue weighted by molar-refractivity contribution is 0.449. The molecular formula is C22H30O. The summed E-state index contributed by atoms with van der Waals surface area (Å²) in [5, 5.41) is 2.33. The van der Waals surface area contributed by atoms with Gasteiger partial charge in [-0.15, -0.1) is 0 Å². The lowest BCUT2D eigenvalue weighted by atomic mass is 9.94. The predicted molar refractivity (Wildman–Crippen MR) is 106 cm³/mol. The minimum atomic E-state index is 0.770. The van der Waals surface area contributed by atoms with Crippen LogP contribution in [0, 0.1) is 0 Å². The van der Waals surface area contributed by atoms with Crippen LogP contribution in [0.15, 0.2) is 67.5 Å². The molecular weight excluding hydrogens is 280 g/mol. The van der Waals surface area contributed by atoms with E-state index in [1.165, 1.54) is 5.39 Å². The van der Waals surface area contributed by atoms with E-state index in [2.05, 4.69) is 37.4 Å². The van der Waals surface area contributed by atoms with Gasteiger partial charge in [-0.05, 0) is 23.1 Å². The Labute approximate surface area is 142 Å². The molecule has 2 aromatic rings. The summed E-state index contributed by atoms with van der Waals surface area (Å²) in [5.74, 6) is 1.66. The van der Waals surface area contributed by atoms with Crippen LogP contribution in [0.2, 0.25) is 0 Å². The minimum absolute atomic E-state index is 0.770. The van der Waals surface area contributed by atoms with Crippen molar-refractivity contribution >= 4 is 16.3 Å². The first-order valence-electron chi connectivity index (χ1n) is 8.54. The fourth-order valence-corrected chi connectivity index (χ4v) is 2.28. The smallest absolute Gasteiger partial charge is 0.135 e. The maximum Gasteiger partial charge on any atom is 0.135 e. The van der Waals surface area contributed by atoms with Crippen LogP contribution in [0.1, 0.15) is 47.1 Å². The number of rotatable bonds is 2. The second-order valence-corrected chi connectivity index (χ2v) is 3.95. The second-order valence-electron chi connectivity index (χ2n) is 3.95. The topological polar surface area (TPSA) is 9.23 Å². The molecule has 2 aromatic carbocycles. The van der Waals surface area contributed by atoms with Gasteiger partial charge in [0.05, 0.1) is 0 Å². The van der Waals surface area contributed by atoms with Crippen LogP contribution in [-0.4, -0.2) is 0 Å².